The normalized spacial score (nSPS) is 17.6. The minimum absolute atomic E-state index is 0.363. The van der Waals surface area contributed by atoms with Crippen LogP contribution in [0.2, 0.25) is 5.02 Å². The fourth-order valence-electron chi connectivity index (χ4n) is 3.93. The van der Waals surface area contributed by atoms with Gasteiger partial charge in [0, 0.05) is 33.4 Å². The van der Waals surface area contributed by atoms with Crippen molar-refractivity contribution in [3.63, 3.8) is 0 Å². The van der Waals surface area contributed by atoms with Gasteiger partial charge in [-0.25, -0.2) is 0 Å². The van der Waals surface area contributed by atoms with Crippen LogP contribution in [-0.2, 0) is 6.54 Å². The molecule has 0 amide bonds. The number of fused-ring (bicyclic) bond motifs is 3. The van der Waals surface area contributed by atoms with E-state index in [9.17, 15) is 5.11 Å². The van der Waals surface area contributed by atoms with E-state index in [4.69, 9.17) is 11.6 Å². The zero-order valence-corrected chi connectivity index (χ0v) is 14.5. The fourth-order valence-corrected chi connectivity index (χ4v) is 4.10. The maximum atomic E-state index is 10.7. The second-order valence-corrected chi connectivity index (χ2v) is 7.24. The van der Waals surface area contributed by atoms with Crippen LogP contribution in [0, 0.1) is 0 Å². The molecule has 0 aliphatic carbocycles. The predicted octanol–water partition coefficient (Wildman–Crippen LogP) is 4.29. The Hall–Kier alpha value is -1.55. The molecular formula is C20H23ClN2O. The van der Waals surface area contributed by atoms with Gasteiger partial charge in [0.25, 0.3) is 0 Å². The summed E-state index contributed by atoms with van der Waals surface area (Å²) in [5.41, 5.74) is 2.30. The van der Waals surface area contributed by atoms with Gasteiger partial charge < -0.3 is 14.6 Å². The topological polar surface area (TPSA) is 28.4 Å². The van der Waals surface area contributed by atoms with E-state index >= 15 is 0 Å². The lowest BCUT2D eigenvalue weighted by Crippen LogP contribution is -2.38. The third kappa shape index (κ3) is 3.04. The van der Waals surface area contributed by atoms with Gasteiger partial charge in [-0.1, -0.05) is 36.2 Å². The number of nitrogens with zero attached hydrogens (tertiary/aromatic N) is 2. The zero-order chi connectivity index (χ0) is 16.5. The summed E-state index contributed by atoms with van der Waals surface area (Å²) in [7, 11) is 0. The quantitative estimate of drug-likeness (QED) is 0.766. The lowest BCUT2D eigenvalue weighted by molar-refractivity contribution is 0.0901. The largest absolute Gasteiger partial charge is 0.390 e. The lowest BCUT2D eigenvalue weighted by Gasteiger charge is -2.28. The number of aliphatic hydroxyl groups is 1. The van der Waals surface area contributed by atoms with Crippen molar-refractivity contribution in [2.45, 2.75) is 31.9 Å². The Kier molecular flexibility index (Phi) is 4.49. The average molecular weight is 343 g/mol. The molecule has 4 heteroatoms. The van der Waals surface area contributed by atoms with Crippen LogP contribution >= 0.6 is 11.6 Å². The molecule has 0 saturated carbocycles. The number of rotatable bonds is 4. The highest BCUT2D eigenvalue weighted by molar-refractivity contribution is 6.31. The van der Waals surface area contributed by atoms with Crippen molar-refractivity contribution in [1.29, 1.82) is 0 Å². The van der Waals surface area contributed by atoms with Gasteiger partial charge in [0.05, 0.1) is 12.6 Å². The summed E-state index contributed by atoms with van der Waals surface area (Å²) >= 11 is 6.20. The van der Waals surface area contributed by atoms with Gasteiger partial charge in [-0.05, 0) is 50.2 Å². The van der Waals surface area contributed by atoms with Crippen LogP contribution in [0.25, 0.3) is 21.8 Å². The van der Waals surface area contributed by atoms with Crippen LogP contribution in [0.3, 0.4) is 0 Å². The molecule has 0 spiro atoms. The Morgan fingerprint density at radius 2 is 1.67 bits per heavy atom. The van der Waals surface area contributed by atoms with E-state index < -0.39 is 0 Å². The Bertz CT molecular complexity index is 851. The van der Waals surface area contributed by atoms with E-state index in [-0.39, 0.29) is 6.10 Å². The number of hydrogen-bond acceptors (Lipinski definition) is 2. The number of likely N-dealkylation sites (tertiary alicyclic amines) is 1. The maximum Gasteiger partial charge on any atom is 0.0845 e. The SMILES string of the molecule is O[C@H](CN1CCCCC1)Cn1c2ccccc2c2cc(Cl)ccc21. The number of benzene rings is 2. The zero-order valence-electron chi connectivity index (χ0n) is 13.8. The molecule has 2 aromatic carbocycles. The number of aromatic nitrogens is 1. The molecule has 24 heavy (non-hydrogen) atoms. The van der Waals surface area contributed by atoms with Gasteiger partial charge >= 0.3 is 0 Å². The first-order valence-electron chi connectivity index (χ1n) is 8.79. The molecule has 126 valence electrons. The summed E-state index contributed by atoms with van der Waals surface area (Å²) in [6.07, 6.45) is 3.46. The Balaban J connectivity index is 1.67. The van der Waals surface area contributed by atoms with Gasteiger partial charge in [-0.15, -0.1) is 0 Å². The Labute approximate surface area is 147 Å². The standard InChI is InChI=1S/C20H23ClN2O/c21-15-8-9-20-18(12-15)17-6-2-3-7-19(17)23(20)14-16(24)13-22-10-4-1-5-11-22/h2-3,6-9,12,16,24H,1,4-5,10-11,13-14H2/t16-/m1/s1. The molecule has 1 N–H and O–H groups in total. The van der Waals surface area contributed by atoms with Crippen molar-refractivity contribution < 1.29 is 5.11 Å². The van der Waals surface area contributed by atoms with Crippen molar-refractivity contribution in [2.75, 3.05) is 19.6 Å². The summed E-state index contributed by atoms with van der Waals surface area (Å²) in [6, 6.07) is 14.4. The molecule has 1 aromatic heterocycles. The van der Waals surface area contributed by atoms with E-state index in [0.29, 0.717) is 6.54 Å². The predicted molar refractivity (Wildman–Crippen MR) is 101 cm³/mol. The molecule has 0 bridgehead atoms. The monoisotopic (exact) mass is 342 g/mol. The third-order valence-electron chi connectivity index (χ3n) is 5.05. The highest BCUT2D eigenvalue weighted by Crippen LogP contribution is 2.31. The van der Waals surface area contributed by atoms with E-state index in [1.54, 1.807) is 0 Å². The molecule has 1 saturated heterocycles. The second kappa shape index (κ2) is 6.75. The number of para-hydroxylation sites is 1. The number of piperidine rings is 1. The molecule has 1 atom stereocenters. The van der Waals surface area contributed by atoms with Crippen LogP contribution in [0.5, 0.6) is 0 Å². The molecule has 4 rings (SSSR count). The number of hydrogen-bond donors (Lipinski definition) is 1. The van der Waals surface area contributed by atoms with Crippen LogP contribution in [-0.4, -0.2) is 40.3 Å². The summed E-state index contributed by atoms with van der Waals surface area (Å²) in [5.74, 6) is 0. The minimum atomic E-state index is -0.363. The number of halogens is 1. The molecule has 3 aromatic rings. The first-order chi connectivity index (χ1) is 11.7. The van der Waals surface area contributed by atoms with Crippen molar-refractivity contribution in [3.05, 3.63) is 47.5 Å². The van der Waals surface area contributed by atoms with Gasteiger partial charge in [-0.2, -0.15) is 0 Å². The van der Waals surface area contributed by atoms with E-state index in [1.807, 2.05) is 12.1 Å². The van der Waals surface area contributed by atoms with E-state index in [2.05, 4.69) is 39.8 Å². The molecule has 0 radical (unpaired) electrons. The van der Waals surface area contributed by atoms with Gasteiger partial charge in [0.2, 0.25) is 0 Å². The van der Waals surface area contributed by atoms with Crippen LogP contribution in [0.4, 0.5) is 0 Å². The van der Waals surface area contributed by atoms with Gasteiger partial charge in [0.15, 0.2) is 0 Å². The first kappa shape index (κ1) is 15.9. The summed E-state index contributed by atoms with van der Waals surface area (Å²) in [6.45, 7) is 3.59. The Morgan fingerprint density at radius 3 is 2.50 bits per heavy atom. The number of β-amino-alcohol motifs (C(OH)–C–C–N with tert-alkyl or cyclic N) is 1. The summed E-state index contributed by atoms with van der Waals surface area (Å²) < 4.78 is 2.23. The molecule has 2 heterocycles. The molecule has 1 fully saturated rings. The minimum Gasteiger partial charge on any atom is -0.390 e. The van der Waals surface area contributed by atoms with Crippen molar-refractivity contribution in [3.8, 4) is 0 Å². The molecule has 1 aliphatic rings. The highest BCUT2D eigenvalue weighted by atomic mass is 35.5. The Morgan fingerprint density at radius 1 is 0.917 bits per heavy atom. The highest BCUT2D eigenvalue weighted by Gasteiger charge is 2.17. The van der Waals surface area contributed by atoms with Crippen LogP contribution in [0.1, 0.15) is 19.3 Å². The maximum absolute atomic E-state index is 10.7. The number of aliphatic hydroxyl groups excluding tert-OH is 1. The van der Waals surface area contributed by atoms with Crippen molar-refractivity contribution in [1.82, 2.24) is 9.47 Å². The fraction of sp³-hybridized carbons (Fsp3) is 0.400. The third-order valence-corrected chi connectivity index (χ3v) is 5.28. The van der Waals surface area contributed by atoms with E-state index in [0.717, 1.165) is 41.1 Å². The average Bonchev–Trinajstić information content (AvgIpc) is 2.89. The van der Waals surface area contributed by atoms with Crippen LogP contribution < -0.4 is 0 Å². The molecule has 0 unspecified atom stereocenters. The molecular weight excluding hydrogens is 320 g/mol. The second-order valence-electron chi connectivity index (χ2n) is 6.80. The molecule has 3 nitrogen and oxygen atoms in total. The van der Waals surface area contributed by atoms with Crippen LogP contribution in [0.15, 0.2) is 42.5 Å². The summed E-state index contributed by atoms with van der Waals surface area (Å²) in [4.78, 5) is 2.39. The van der Waals surface area contributed by atoms with Crippen molar-refractivity contribution in [2.24, 2.45) is 0 Å². The van der Waals surface area contributed by atoms with Crippen molar-refractivity contribution >= 4 is 33.4 Å². The smallest absolute Gasteiger partial charge is 0.0845 e. The van der Waals surface area contributed by atoms with Gasteiger partial charge in [0.1, 0.15) is 0 Å². The van der Waals surface area contributed by atoms with Gasteiger partial charge in [-0.3, -0.25) is 0 Å². The summed E-state index contributed by atoms with van der Waals surface area (Å²) in [5, 5.41) is 13.8. The lowest BCUT2D eigenvalue weighted by atomic mass is 10.1. The molecule has 1 aliphatic heterocycles. The first-order valence-corrected chi connectivity index (χ1v) is 9.17. The van der Waals surface area contributed by atoms with E-state index in [1.165, 1.54) is 24.6 Å².